The summed E-state index contributed by atoms with van der Waals surface area (Å²) in [5.74, 6) is -0.746. The van der Waals surface area contributed by atoms with Gasteiger partial charge in [-0.2, -0.15) is 0 Å². The molecule has 32 heavy (non-hydrogen) atoms. The number of carbonyl (C=O) groups is 2. The zero-order valence-electron chi connectivity index (χ0n) is 17.3. The van der Waals surface area contributed by atoms with E-state index in [1.165, 1.54) is 16.8 Å². The van der Waals surface area contributed by atoms with Gasteiger partial charge in [-0.05, 0) is 62.2 Å². The molecular weight excluding hydrogens is 437 g/mol. The Bertz CT molecular complexity index is 1140. The number of hydrogen-bond donors (Lipinski definition) is 2. The van der Waals surface area contributed by atoms with E-state index in [0.717, 1.165) is 18.9 Å². The molecule has 2 aromatic carbocycles. The van der Waals surface area contributed by atoms with Crippen molar-refractivity contribution in [2.24, 2.45) is 0 Å². The van der Waals surface area contributed by atoms with Gasteiger partial charge in [0.2, 0.25) is 0 Å². The minimum absolute atomic E-state index is 0.0795. The van der Waals surface area contributed by atoms with Crippen LogP contribution in [-0.2, 0) is 6.61 Å². The highest BCUT2D eigenvalue weighted by Gasteiger charge is 2.28. The van der Waals surface area contributed by atoms with Crippen LogP contribution in [0.2, 0.25) is 5.02 Å². The van der Waals surface area contributed by atoms with Crippen molar-refractivity contribution in [3.8, 4) is 11.4 Å². The zero-order valence-corrected chi connectivity index (χ0v) is 18.0. The number of halogens is 2. The summed E-state index contributed by atoms with van der Waals surface area (Å²) < 4.78 is 20.6. The summed E-state index contributed by atoms with van der Waals surface area (Å²) in [5, 5.41) is 13.9. The van der Waals surface area contributed by atoms with E-state index in [2.05, 4.69) is 20.9 Å². The largest absolute Gasteiger partial charge is 0.486 e. The molecule has 0 saturated heterocycles. The van der Waals surface area contributed by atoms with E-state index in [-0.39, 0.29) is 40.9 Å². The Morgan fingerprint density at radius 3 is 2.59 bits per heavy atom. The van der Waals surface area contributed by atoms with Crippen molar-refractivity contribution in [2.45, 2.75) is 32.4 Å². The van der Waals surface area contributed by atoms with Crippen LogP contribution in [0.15, 0.2) is 42.5 Å². The number of amides is 2. The van der Waals surface area contributed by atoms with Gasteiger partial charge >= 0.3 is 0 Å². The highest BCUT2D eigenvalue weighted by atomic mass is 35.5. The quantitative estimate of drug-likeness (QED) is 0.541. The topological polar surface area (TPSA) is 98.1 Å². The molecule has 4 rings (SSSR count). The number of benzene rings is 2. The number of nitrogens with one attached hydrogen (secondary N) is 2. The number of aromatic nitrogens is 3. The maximum absolute atomic E-state index is 13.3. The van der Waals surface area contributed by atoms with E-state index < -0.39 is 5.82 Å². The van der Waals surface area contributed by atoms with Crippen molar-refractivity contribution in [3.63, 3.8) is 0 Å². The first-order valence-electron chi connectivity index (χ1n) is 10.2. The summed E-state index contributed by atoms with van der Waals surface area (Å²) in [6.07, 6.45) is 1.86. The maximum Gasteiger partial charge on any atom is 0.274 e. The monoisotopic (exact) mass is 457 g/mol. The van der Waals surface area contributed by atoms with E-state index in [1.807, 2.05) is 6.92 Å². The zero-order chi connectivity index (χ0) is 22.7. The molecule has 3 aromatic rings. The molecule has 0 spiro atoms. The van der Waals surface area contributed by atoms with Crippen LogP contribution in [0.1, 0.15) is 46.3 Å². The fourth-order valence-corrected chi connectivity index (χ4v) is 3.27. The second kappa shape index (κ2) is 9.35. The summed E-state index contributed by atoms with van der Waals surface area (Å²) in [7, 11) is 0. The molecule has 1 aliphatic carbocycles. The van der Waals surface area contributed by atoms with E-state index in [0.29, 0.717) is 23.5 Å². The van der Waals surface area contributed by atoms with Gasteiger partial charge in [-0.3, -0.25) is 9.59 Å². The molecule has 166 valence electrons. The summed E-state index contributed by atoms with van der Waals surface area (Å²) in [5.41, 5.74) is 1.62. The number of hydrogen-bond acceptors (Lipinski definition) is 5. The van der Waals surface area contributed by atoms with E-state index >= 15 is 0 Å². The third-order valence-electron chi connectivity index (χ3n) is 4.86. The van der Waals surface area contributed by atoms with Crippen LogP contribution < -0.4 is 15.4 Å². The smallest absolute Gasteiger partial charge is 0.274 e. The van der Waals surface area contributed by atoms with Crippen molar-refractivity contribution in [2.75, 3.05) is 6.54 Å². The normalized spacial score (nSPS) is 13.0. The molecule has 2 amide bonds. The van der Waals surface area contributed by atoms with Crippen LogP contribution >= 0.6 is 11.6 Å². The Kier molecular flexibility index (Phi) is 6.36. The predicted molar refractivity (Wildman–Crippen MR) is 116 cm³/mol. The van der Waals surface area contributed by atoms with Crippen LogP contribution in [0.5, 0.6) is 5.75 Å². The molecule has 1 fully saturated rings. The Balaban J connectivity index is 1.63. The van der Waals surface area contributed by atoms with Crippen molar-refractivity contribution in [1.29, 1.82) is 0 Å². The number of ether oxygens (including phenoxy) is 1. The lowest BCUT2D eigenvalue weighted by Crippen LogP contribution is -2.27. The second-order valence-corrected chi connectivity index (χ2v) is 7.72. The summed E-state index contributed by atoms with van der Waals surface area (Å²) in [6, 6.07) is 10.7. The van der Waals surface area contributed by atoms with Crippen LogP contribution in [0.4, 0.5) is 4.39 Å². The molecule has 0 unspecified atom stereocenters. The van der Waals surface area contributed by atoms with Crippen LogP contribution in [0.25, 0.3) is 5.69 Å². The SMILES string of the molecule is CCNC(=O)c1ccc(-n2nnc(C(=O)NC3CC3)c2COc2ccc(F)cc2Cl)cc1. The maximum atomic E-state index is 13.3. The highest BCUT2D eigenvalue weighted by molar-refractivity contribution is 6.32. The van der Waals surface area contributed by atoms with Crippen molar-refractivity contribution < 1.29 is 18.7 Å². The third kappa shape index (κ3) is 4.88. The van der Waals surface area contributed by atoms with E-state index in [1.54, 1.807) is 24.3 Å². The van der Waals surface area contributed by atoms with E-state index in [4.69, 9.17) is 16.3 Å². The molecule has 10 heteroatoms. The Hall–Kier alpha value is -3.46. The lowest BCUT2D eigenvalue weighted by molar-refractivity contribution is 0.0939. The first kappa shape index (κ1) is 21.8. The molecule has 1 heterocycles. The van der Waals surface area contributed by atoms with Gasteiger partial charge in [-0.15, -0.1) is 5.10 Å². The average molecular weight is 458 g/mol. The van der Waals surface area contributed by atoms with Gasteiger partial charge in [0.05, 0.1) is 10.7 Å². The minimum Gasteiger partial charge on any atom is -0.486 e. The predicted octanol–water partition coefficient (Wildman–Crippen LogP) is 3.28. The standard InChI is InChI=1S/C22H21ClFN5O3/c1-2-25-21(30)13-3-8-16(9-4-13)29-18(12-32-19-10-5-14(24)11-17(19)23)20(27-28-29)22(31)26-15-6-7-15/h3-5,8-11,15H,2,6-7,12H2,1H3,(H,25,30)(H,26,31). The molecule has 1 aromatic heterocycles. The Labute approximate surface area is 188 Å². The molecular formula is C22H21ClFN5O3. The highest BCUT2D eigenvalue weighted by Crippen LogP contribution is 2.27. The number of carbonyl (C=O) groups excluding carboxylic acids is 2. The van der Waals surface area contributed by atoms with Crippen LogP contribution in [0, 0.1) is 5.82 Å². The third-order valence-corrected chi connectivity index (χ3v) is 5.16. The van der Waals surface area contributed by atoms with Gasteiger partial charge in [-0.1, -0.05) is 16.8 Å². The first-order valence-corrected chi connectivity index (χ1v) is 10.6. The van der Waals surface area contributed by atoms with Gasteiger partial charge in [0.1, 0.15) is 23.9 Å². The number of rotatable bonds is 8. The van der Waals surface area contributed by atoms with Gasteiger partial charge in [0.25, 0.3) is 11.8 Å². The van der Waals surface area contributed by atoms with Gasteiger partial charge in [-0.25, -0.2) is 9.07 Å². The summed E-state index contributed by atoms with van der Waals surface area (Å²) in [4.78, 5) is 24.7. The minimum atomic E-state index is -0.481. The van der Waals surface area contributed by atoms with Gasteiger partial charge in [0, 0.05) is 18.2 Å². The molecule has 1 saturated carbocycles. The van der Waals surface area contributed by atoms with Crippen LogP contribution in [0.3, 0.4) is 0 Å². The molecule has 0 bridgehead atoms. The van der Waals surface area contributed by atoms with Crippen LogP contribution in [-0.4, -0.2) is 39.4 Å². The Morgan fingerprint density at radius 1 is 1.19 bits per heavy atom. The fourth-order valence-electron chi connectivity index (χ4n) is 3.05. The molecule has 0 radical (unpaired) electrons. The molecule has 1 aliphatic rings. The first-order chi connectivity index (χ1) is 15.5. The second-order valence-electron chi connectivity index (χ2n) is 7.31. The van der Waals surface area contributed by atoms with E-state index in [9.17, 15) is 14.0 Å². The fraction of sp³-hybridized carbons (Fsp3) is 0.273. The van der Waals surface area contributed by atoms with Crippen molar-refractivity contribution in [1.82, 2.24) is 25.6 Å². The molecule has 0 atom stereocenters. The Morgan fingerprint density at radius 2 is 1.94 bits per heavy atom. The molecule has 0 aliphatic heterocycles. The average Bonchev–Trinajstić information content (AvgIpc) is 3.49. The van der Waals surface area contributed by atoms with Gasteiger partial charge < -0.3 is 15.4 Å². The lowest BCUT2D eigenvalue weighted by Gasteiger charge is -2.12. The molecule has 2 N–H and O–H groups in total. The van der Waals surface area contributed by atoms with Crippen molar-refractivity contribution >= 4 is 23.4 Å². The van der Waals surface area contributed by atoms with Gasteiger partial charge in [0.15, 0.2) is 5.69 Å². The number of nitrogens with zero attached hydrogens (tertiary/aromatic N) is 3. The molecule has 8 nitrogen and oxygen atoms in total. The lowest BCUT2D eigenvalue weighted by atomic mass is 10.2. The summed E-state index contributed by atoms with van der Waals surface area (Å²) >= 11 is 6.06. The summed E-state index contributed by atoms with van der Waals surface area (Å²) in [6.45, 7) is 2.29. The van der Waals surface area contributed by atoms with Crippen molar-refractivity contribution in [3.05, 3.63) is 70.3 Å².